The molecular weight excluding hydrogens is 212 g/mol. The van der Waals surface area contributed by atoms with Crippen molar-refractivity contribution >= 4 is 0 Å². The highest BCUT2D eigenvalue weighted by atomic mass is 16.5. The second kappa shape index (κ2) is 5.68. The van der Waals surface area contributed by atoms with Crippen LogP contribution in [-0.4, -0.2) is 43.3 Å². The van der Waals surface area contributed by atoms with Crippen molar-refractivity contribution in [1.82, 2.24) is 4.90 Å². The Balaban J connectivity index is 1.99. The van der Waals surface area contributed by atoms with Gasteiger partial charge in [-0.2, -0.15) is 0 Å². The van der Waals surface area contributed by atoms with Crippen molar-refractivity contribution in [1.29, 1.82) is 0 Å². The van der Waals surface area contributed by atoms with Crippen LogP contribution >= 0.6 is 0 Å². The Labute approximate surface area is 106 Å². The van der Waals surface area contributed by atoms with Gasteiger partial charge in [-0.05, 0) is 45.1 Å². The Morgan fingerprint density at radius 3 is 2.47 bits per heavy atom. The third-order valence-electron chi connectivity index (χ3n) is 5.19. The number of nitrogens with two attached hydrogens (primary N) is 1. The number of ether oxygens (including phenoxy) is 1. The molecule has 0 amide bonds. The summed E-state index contributed by atoms with van der Waals surface area (Å²) in [5.41, 5.74) is 6.37. The zero-order chi connectivity index (χ0) is 12.3. The molecule has 2 fully saturated rings. The first-order valence-corrected chi connectivity index (χ1v) is 7.22. The molecule has 0 aromatic heterocycles. The third-order valence-corrected chi connectivity index (χ3v) is 5.19. The molecule has 3 heteroatoms. The Bertz CT molecular complexity index is 230. The molecule has 1 aliphatic carbocycles. The highest BCUT2D eigenvalue weighted by Gasteiger charge is 2.40. The lowest BCUT2D eigenvalue weighted by Gasteiger charge is -2.48. The predicted molar refractivity (Wildman–Crippen MR) is 71.0 cm³/mol. The van der Waals surface area contributed by atoms with Gasteiger partial charge in [-0.25, -0.2) is 0 Å². The largest absolute Gasteiger partial charge is 0.380 e. The van der Waals surface area contributed by atoms with Crippen LogP contribution in [0.5, 0.6) is 0 Å². The van der Waals surface area contributed by atoms with Crippen LogP contribution in [0.4, 0.5) is 0 Å². The van der Waals surface area contributed by atoms with Gasteiger partial charge < -0.3 is 10.5 Å². The van der Waals surface area contributed by atoms with E-state index in [0.717, 1.165) is 25.7 Å². The Kier molecular flexibility index (Phi) is 4.45. The van der Waals surface area contributed by atoms with E-state index in [1.807, 2.05) is 0 Å². The Morgan fingerprint density at radius 1 is 1.29 bits per heavy atom. The van der Waals surface area contributed by atoms with Gasteiger partial charge in [0.2, 0.25) is 0 Å². The van der Waals surface area contributed by atoms with Gasteiger partial charge in [0.25, 0.3) is 0 Å². The smallest absolute Gasteiger partial charge is 0.0622 e. The van der Waals surface area contributed by atoms with Crippen LogP contribution in [0.2, 0.25) is 0 Å². The van der Waals surface area contributed by atoms with E-state index in [4.69, 9.17) is 10.5 Å². The summed E-state index contributed by atoms with van der Waals surface area (Å²) < 4.78 is 5.52. The maximum Gasteiger partial charge on any atom is 0.0622 e. The number of rotatable bonds is 4. The maximum atomic E-state index is 6.11. The van der Waals surface area contributed by atoms with E-state index in [9.17, 15) is 0 Å². The molecule has 1 saturated carbocycles. The lowest BCUT2D eigenvalue weighted by atomic mass is 9.74. The fourth-order valence-electron chi connectivity index (χ4n) is 3.54. The standard InChI is InChI=1S/C14H28N2O/c1-3-12-4-7-14(11-15,8-5-12)16(2)13-6-9-17-10-13/h12-13H,3-11,15H2,1-2H3. The molecule has 2 N–H and O–H groups in total. The maximum absolute atomic E-state index is 6.11. The highest BCUT2D eigenvalue weighted by Crippen LogP contribution is 2.38. The van der Waals surface area contributed by atoms with Crippen molar-refractivity contribution in [2.24, 2.45) is 11.7 Å². The second-order valence-electron chi connectivity index (χ2n) is 5.91. The van der Waals surface area contributed by atoms with Crippen LogP contribution in [0.25, 0.3) is 0 Å². The van der Waals surface area contributed by atoms with Crippen molar-refractivity contribution in [3.63, 3.8) is 0 Å². The van der Waals surface area contributed by atoms with E-state index in [0.29, 0.717) is 6.04 Å². The molecule has 1 saturated heterocycles. The lowest BCUT2D eigenvalue weighted by Crippen LogP contribution is -2.57. The Morgan fingerprint density at radius 2 is 2.00 bits per heavy atom. The molecule has 2 aliphatic rings. The normalized spacial score (nSPS) is 38.8. The third kappa shape index (κ3) is 2.67. The van der Waals surface area contributed by atoms with Gasteiger partial charge >= 0.3 is 0 Å². The van der Waals surface area contributed by atoms with Crippen molar-refractivity contribution < 1.29 is 4.74 Å². The zero-order valence-electron chi connectivity index (χ0n) is 11.5. The minimum Gasteiger partial charge on any atom is -0.380 e. The van der Waals surface area contributed by atoms with Gasteiger partial charge in [-0.3, -0.25) is 4.90 Å². The molecular formula is C14H28N2O. The van der Waals surface area contributed by atoms with Crippen molar-refractivity contribution in [2.45, 2.75) is 57.0 Å². The summed E-state index contributed by atoms with van der Waals surface area (Å²) in [4.78, 5) is 2.55. The summed E-state index contributed by atoms with van der Waals surface area (Å²) in [5.74, 6) is 0.933. The average molecular weight is 240 g/mol. The highest BCUT2D eigenvalue weighted by molar-refractivity contribution is 4.97. The van der Waals surface area contributed by atoms with Gasteiger partial charge in [0, 0.05) is 24.7 Å². The summed E-state index contributed by atoms with van der Waals surface area (Å²) in [5, 5.41) is 0. The van der Waals surface area contributed by atoms with E-state index in [2.05, 4.69) is 18.9 Å². The molecule has 1 aliphatic heterocycles. The first-order valence-electron chi connectivity index (χ1n) is 7.22. The van der Waals surface area contributed by atoms with Crippen LogP contribution in [0.1, 0.15) is 45.4 Å². The van der Waals surface area contributed by atoms with Crippen molar-refractivity contribution in [3.8, 4) is 0 Å². The molecule has 0 spiro atoms. The summed E-state index contributed by atoms with van der Waals surface area (Å²) in [7, 11) is 2.26. The minimum atomic E-state index is 0.254. The monoisotopic (exact) mass is 240 g/mol. The number of hydrogen-bond acceptors (Lipinski definition) is 3. The van der Waals surface area contributed by atoms with Crippen LogP contribution in [0, 0.1) is 5.92 Å². The molecule has 0 aromatic rings. The van der Waals surface area contributed by atoms with E-state index in [1.54, 1.807) is 0 Å². The quantitative estimate of drug-likeness (QED) is 0.817. The molecule has 0 bridgehead atoms. The van der Waals surface area contributed by atoms with Crippen LogP contribution in [0.3, 0.4) is 0 Å². The van der Waals surface area contributed by atoms with Gasteiger partial charge in [-0.15, -0.1) is 0 Å². The molecule has 2 rings (SSSR count). The van der Waals surface area contributed by atoms with Crippen LogP contribution < -0.4 is 5.73 Å². The molecule has 1 atom stereocenters. The first-order chi connectivity index (χ1) is 8.22. The number of hydrogen-bond donors (Lipinski definition) is 1. The summed E-state index contributed by atoms with van der Waals surface area (Å²) in [6.45, 7) is 4.94. The van der Waals surface area contributed by atoms with Crippen molar-refractivity contribution in [2.75, 3.05) is 26.8 Å². The molecule has 1 heterocycles. The van der Waals surface area contributed by atoms with Gasteiger partial charge in [-0.1, -0.05) is 13.3 Å². The molecule has 0 aromatic carbocycles. The van der Waals surface area contributed by atoms with Crippen LogP contribution in [0.15, 0.2) is 0 Å². The predicted octanol–water partition coefficient (Wildman–Crippen LogP) is 2.00. The fourth-order valence-corrected chi connectivity index (χ4v) is 3.54. The van der Waals surface area contributed by atoms with Gasteiger partial charge in [0.05, 0.1) is 6.61 Å². The summed E-state index contributed by atoms with van der Waals surface area (Å²) >= 11 is 0. The van der Waals surface area contributed by atoms with E-state index >= 15 is 0 Å². The van der Waals surface area contributed by atoms with E-state index < -0.39 is 0 Å². The summed E-state index contributed by atoms with van der Waals surface area (Å²) in [6, 6.07) is 0.594. The number of nitrogens with zero attached hydrogens (tertiary/aromatic N) is 1. The fraction of sp³-hybridized carbons (Fsp3) is 1.00. The number of likely N-dealkylation sites (N-methyl/N-ethyl adjacent to an activating group) is 1. The minimum absolute atomic E-state index is 0.254. The average Bonchev–Trinajstić information content (AvgIpc) is 2.92. The summed E-state index contributed by atoms with van der Waals surface area (Å²) in [6.07, 6.45) is 7.76. The van der Waals surface area contributed by atoms with Crippen LogP contribution in [-0.2, 0) is 4.74 Å². The molecule has 1 unspecified atom stereocenters. The van der Waals surface area contributed by atoms with E-state index in [-0.39, 0.29) is 5.54 Å². The molecule has 17 heavy (non-hydrogen) atoms. The van der Waals surface area contributed by atoms with E-state index in [1.165, 1.54) is 38.5 Å². The lowest BCUT2D eigenvalue weighted by molar-refractivity contribution is 0.0249. The van der Waals surface area contributed by atoms with Gasteiger partial charge in [0.1, 0.15) is 0 Å². The zero-order valence-corrected chi connectivity index (χ0v) is 11.5. The molecule has 100 valence electrons. The Hall–Kier alpha value is -0.120. The topological polar surface area (TPSA) is 38.5 Å². The van der Waals surface area contributed by atoms with Gasteiger partial charge in [0.15, 0.2) is 0 Å². The second-order valence-corrected chi connectivity index (χ2v) is 5.91. The molecule has 0 radical (unpaired) electrons. The molecule has 3 nitrogen and oxygen atoms in total. The van der Waals surface area contributed by atoms with Crippen molar-refractivity contribution in [3.05, 3.63) is 0 Å². The first kappa shape index (κ1) is 13.3. The SMILES string of the molecule is CCC1CCC(CN)(N(C)C2CCOC2)CC1.